The van der Waals surface area contributed by atoms with Crippen molar-refractivity contribution in [2.75, 3.05) is 40.8 Å². The van der Waals surface area contributed by atoms with Crippen LogP contribution in [-0.4, -0.2) is 62.7 Å². The molecule has 0 N–H and O–H groups in total. The lowest BCUT2D eigenvalue weighted by Crippen LogP contribution is -2.51. The molecule has 1 aromatic carbocycles. The van der Waals surface area contributed by atoms with Crippen molar-refractivity contribution in [3.8, 4) is 0 Å². The van der Waals surface area contributed by atoms with Gasteiger partial charge in [-0.3, -0.25) is 4.90 Å². The summed E-state index contributed by atoms with van der Waals surface area (Å²) in [6.07, 6.45) is 0. The molecule has 1 aliphatic rings. The summed E-state index contributed by atoms with van der Waals surface area (Å²) in [6.45, 7) is 1.79. The van der Waals surface area contributed by atoms with E-state index in [0.29, 0.717) is 13.1 Å². The van der Waals surface area contributed by atoms with Crippen molar-refractivity contribution in [3.05, 3.63) is 35.9 Å². The summed E-state index contributed by atoms with van der Waals surface area (Å²) >= 11 is 0. The van der Waals surface area contributed by atoms with Crippen molar-refractivity contribution in [1.29, 1.82) is 0 Å². The molecule has 1 atom stereocenters. The summed E-state index contributed by atoms with van der Waals surface area (Å²) in [5.41, 5.74) is 1.16. The molecule has 0 spiro atoms. The lowest BCUT2D eigenvalue weighted by Gasteiger charge is -2.39. The van der Waals surface area contributed by atoms with Gasteiger partial charge in [-0.15, -0.1) is 0 Å². The standard InChI is InChI=1S/C13H21N3O2S/c1-14(2)19(17,18)16-10-9-15(3)13(11-16)12-7-5-4-6-8-12/h4-8,13H,9-11H2,1-3H3. The zero-order valence-corrected chi connectivity index (χ0v) is 12.5. The number of piperazine rings is 1. The molecule has 0 saturated carbocycles. The van der Waals surface area contributed by atoms with Crippen LogP contribution in [0.2, 0.25) is 0 Å². The minimum Gasteiger partial charge on any atom is -0.297 e. The molecular formula is C13H21N3O2S. The first-order valence-corrected chi connectivity index (χ1v) is 7.75. The van der Waals surface area contributed by atoms with E-state index in [1.54, 1.807) is 18.4 Å². The van der Waals surface area contributed by atoms with Crippen LogP contribution in [0.25, 0.3) is 0 Å². The van der Waals surface area contributed by atoms with Crippen molar-refractivity contribution >= 4 is 10.2 Å². The highest BCUT2D eigenvalue weighted by atomic mass is 32.2. The van der Waals surface area contributed by atoms with Gasteiger partial charge >= 0.3 is 0 Å². The van der Waals surface area contributed by atoms with Crippen LogP contribution in [0.3, 0.4) is 0 Å². The van der Waals surface area contributed by atoms with Crippen molar-refractivity contribution in [2.45, 2.75) is 6.04 Å². The number of hydrogen-bond acceptors (Lipinski definition) is 3. The highest BCUT2D eigenvalue weighted by Gasteiger charge is 2.33. The zero-order valence-electron chi connectivity index (χ0n) is 11.7. The van der Waals surface area contributed by atoms with E-state index in [9.17, 15) is 8.42 Å². The second kappa shape index (κ2) is 5.58. The van der Waals surface area contributed by atoms with E-state index in [2.05, 4.69) is 4.90 Å². The van der Waals surface area contributed by atoms with Crippen molar-refractivity contribution in [1.82, 2.24) is 13.5 Å². The third kappa shape index (κ3) is 2.97. The number of hydrogen-bond donors (Lipinski definition) is 0. The maximum Gasteiger partial charge on any atom is 0.281 e. The monoisotopic (exact) mass is 283 g/mol. The van der Waals surface area contributed by atoms with E-state index < -0.39 is 10.2 Å². The second-order valence-corrected chi connectivity index (χ2v) is 7.20. The quantitative estimate of drug-likeness (QED) is 0.823. The lowest BCUT2D eigenvalue weighted by atomic mass is 10.0. The largest absolute Gasteiger partial charge is 0.297 e. The Morgan fingerprint density at radius 3 is 2.37 bits per heavy atom. The predicted octanol–water partition coefficient (Wildman–Crippen LogP) is 0.782. The van der Waals surface area contributed by atoms with Crippen LogP contribution in [0.15, 0.2) is 30.3 Å². The molecule has 0 bridgehead atoms. The topological polar surface area (TPSA) is 43.9 Å². The second-order valence-electron chi connectivity index (χ2n) is 5.06. The normalized spacial score (nSPS) is 22.8. The van der Waals surface area contributed by atoms with Crippen molar-refractivity contribution in [2.24, 2.45) is 0 Å². The first kappa shape index (κ1) is 14.5. The Morgan fingerprint density at radius 1 is 1.16 bits per heavy atom. The number of likely N-dealkylation sites (N-methyl/N-ethyl adjacent to an activating group) is 1. The van der Waals surface area contributed by atoms with Crippen LogP contribution < -0.4 is 0 Å². The average Bonchev–Trinajstić information content (AvgIpc) is 2.39. The summed E-state index contributed by atoms with van der Waals surface area (Å²) in [5, 5.41) is 0. The van der Waals surface area contributed by atoms with Gasteiger partial charge in [0.15, 0.2) is 0 Å². The van der Waals surface area contributed by atoms with E-state index >= 15 is 0 Å². The minimum absolute atomic E-state index is 0.115. The molecule has 1 saturated heterocycles. The Hall–Kier alpha value is -0.950. The molecule has 106 valence electrons. The molecule has 5 nitrogen and oxygen atoms in total. The fourth-order valence-corrected chi connectivity index (χ4v) is 3.43. The average molecular weight is 283 g/mol. The lowest BCUT2D eigenvalue weighted by molar-refractivity contribution is 0.144. The van der Waals surface area contributed by atoms with Crippen LogP contribution in [0.5, 0.6) is 0 Å². The molecule has 6 heteroatoms. The van der Waals surface area contributed by atoms with Gasteiger partial charge < -0.3 is 0 Å². The van der Waals surface area contributed by atoms with Crippen molar-refractivity contribution < 1.29 is 8.42 Å². The van der Waals surface area contributed by atoms with Gasteiger partial charge in [-0.1, -0.05) is 30.3 Å². The summed E-state index contributed by atoms with van der Waals surface area (Å²) in [6, 6.07) is 10.2. The summed E-state index contributed by atoms with van der Waals surface area (Å²) in [7, 11) is 1.86. The third-order valence-electron chi connectivity index (χ3n) is 3.58. The van der Waals surface area contributed by atoms with Gasteiger partial charge in [-0.05, 0) is 12.6 Å². The van der Waals surface area contributed by atoms with Crippen molar-refractivity contribution in [3.63, 3.8) is 0 Å². The van der Waals surface area contributed by atoms with E-state index in [0.717, 1.165) is 12.1 Å². The molecular weight excluding hydrogens is 262 g/mol. The molecule has 0 amide bonds. The zero-order chi connectivity index (χ0) is 14.0. The molecule has 2 rings (SSSR count). The molecule has 1 unspecified atom stereocenters. The Bertz CT molecular complexity index is 516. The van der Waals surface area contributed by atoms with Gasteiger partial charge in [0, 0.05) is 39.8 Å². The Labute approximate surface area is 115 Å². The first-order valence-electron chi connectivity index (χ1n) is 6.35. The van der Waals surface area contributed by atoms with Crippen LogP contribution in [0.1, 0.15) is 11.6 Å². The highest BCUT2D eigenvalue weighted by molar-refractivity contribution is 7.86. The summed E-state index contributed by atoms with van der Waals surface area (Å²) in [5.74, 6) is 0. The smallest absolute Gasteiger partial charge is 0.281 e. The van der Waals surface area contributed by atoms with Gasteiger partial charge in [0.1, 0.15) is 0 Å². The number of benzene rings is 1. The molecule has 1 heterocycles. The SMILES string of the molecule is CN1CCN(S(=O)(=O)N(C)C)CC1c1ccccc1. The van der Waals surface area contributed by atoms with Crippen LogP contribution in [0, 0.1) is 0 Å². The number of nitrogens with zero attached hydrogens (tertiary/aromatic N) is 3. The van der Waals surface area contributed by atoms with Gasteiger partial charge in [-0.25, -0.2) is 0 Å². The molecule has 1 aromatic rings. The molecule has 0 aromatic heterocycles. The molecule has 19 heavy (non-hydrogen) atoms. The fourth-order valence-electron chi connectivity index (χ4n) is 2.32. The summed E-state index contributed by atoms with van der Waals surface area (Å²) < 4.78 is 27.2. The van der Waals surface area contributed by atoms with Crippen LogP contribution in [-0.2, 0) is 10.2 Å². The van der Waals surface area contributed by atoms with Gasteiger partial charge in [-0.2, -0.15) is 17.0 Å². The first-order chi connectivity index (χ1) is 8.93. The maximum absolute atomic E-state index is 12.2. The molecule has 0 aliphatic carbocycles. The van der Waals surface area contributed by atoms with Crippen LogP contribution in [0.4, 0.5) is 0 Å². The Balaban J connectivity index is 2.22. The maximum atomic E-state index is 12.2. The van der Waals surface area contributed by atoms with E-state index in [1.807, 2.05) is 37.4 Å². The Kier molecular flexibility index (Phi) is 4.25. The minimum atomic E-state index is -3.32. The van der Waals surface area contributed by atoms with E-state index in [-0.39, 0.29) is 6.04 Å². The predicted molar refractivity (Wildman–Crippen MR) is 76.0 cm³/mol. The van der Waals surface area contributed by atoms with Gasteiger partial charge in [0.2, 0.25) is 0 Å². The summed E-state index contributed by atoms with van der Waals surface area (Å²) in [4.78, 5) is 2.21. The van der Waals surface area contributed by atoms with E-state index in [1.165, 1.54) is 4.31 Å². The third-order valence-corrected chi connectivity index (χ3v) is 5.49. The highest BCUT2D eigenvalue weighted by Crippen LogP contribution is 2.25. The van der Waals surface area contributed by atoms with Gasteiger partial charge in [0.25, 0.3) is 10.2 Å². The van der Waals surface area contributed by atoms with E-state index in [4.69, 9.17) is 0 Å². The van der Waals surface area contributed by atoms with Crippen LogP contribution >= 0.6 is 0 Å². The molecule has 0 radical (unpaired) electrons. The number of rotatable bonds is 3. The van der Waals surface area contributed by atoms with Gasteiger partial charge in [0.05, 0.1) is 0 Å². The molecule has 1 aliphatic heterocycles. The fraction of sp³-hybridized carbons (Fsp3) is 0.538. The molecule has 1 fully saturated rings. The Morgan fingerprint density at radius 2 is 1.79 bits per heavy atom.